The van der Waals surface area contributed by atoms with Gasteiger partial charge in [-0.1, -0.05) is 29.8 Å². The van der Waals surface area contributed by atoms with Crippen LogP contribution in [-0.4, -0.2) is 35.3 Å². The highest BCUT2D eigenvalue weighted by Crippen LogP contribution is 2.20. The predicted octanol–water partition coefficient (Wildman–Crippen LogP) is 2.88. The second kappa shape index (κ2) is 7.29. The Balaban J connectivity index is 2.38. The van der Waals surface area contributed by atoms with Crippen molar-refractivity contribution in [3.05, 3.63) is 47.0 Å². The molecule has 22 heavy (non-hydrogen) atoms. The molecule has 6 nitrogen and oxygen atoms in total. The summed E-state index contributed by atoms with van der Waals surface area (Å²) in [6.45, 7) is 5.86. The third kappa shape index (κ3) is 3.58. The lowest BCUT2D eigenvalue weighted by molar-refractivity contribution is 0.101. The average molecular weight is 302 g/mol. The van der Waals surface area contributed by atoms with Gasteiger partial charge in [0.25, 0.3) is 0 Å². The summed E-state index contributed by atoms with van der Waals surface area (Å²) in [5.41, 5.74) is 2.22. The van der Waals surface area contributed by atoms with Crippen molar-refractivity contribution in [2.75, 3.05) is 14.2 Å². The Bertz CT molecular complexity index is 607. The number of rotatable bonds is 6. The highest BCUT2D eigenvalue weighted by Gasteiger charge is 2.20. The molecule has 1 heterocycles. The molecule has 0 N–H and O–H groups in total. The standard InChI is InChI=1S/C16H22N4O2/c1-11-6-8-14(9-7-11)10-17-20-15(12(2)21-4)18-19-16(20)13(3)22-5/h6-10,12-13H,1-5H3. The molecule has 0 aliphatic rings. The Hall–Kier alpha value is -2.05. The Morgan fingerprint density at radius 2 is 1.50 bits per heavy atom. The van der Waals surface area contributed by atoms with Crippen molar-refractivity contribution in [3.8, 4) is 0 Å². The van der Waals surface area contributed by atoms with Crippen LogP contribution in [0.15, 0.2) is 29.4 Å². The molecule has 6 heteroatoms. The fourth-order valence-electron chi connectivity index (χ4n) is 1.92. The largest absolute Gasteiger partial charge is 0.374 e. The summed E-state index contributed by atoms with van der Waals surface area (Å²) in [4.78, 5) is 0. The summed E-state index contributed by atoms with van der Waals surface area (Å²) in [6.07, 6.45) is 1.36. The van der Waals surface area contributed by atoms with E-state index in [-0.39, 0.29) is 12.2 Å². The second-order valence-corrected chi connectivity index (χ2v) is 5.14. The van der Waals surface area contributed by atoms with Gasteiger partial charge in [-0.25, -0.2) is 0 Å². The van der Waals surface area contributed by atoms with Crippen LogP contribution in [0, 0.1) is 6.92 Å². The number of hydrogen-bond donors (Lipinski definition) is 0. The zero-order valence-corrected chi connectivity index (χ0v) is 13.6. The summed E-state index contributed by atoms with van der Waals surface area (Å²) in [5, 5.41) is 12.9. The van der Waals surface area contributed by atoms with Crippen molar-refractivity contribution in [2.24, 2.45) is 5.10 Å². The number of ether oxygens (including phenoxy) is 2. The van der Waals surface area contributed by atoms with E-state index in [4.69, 9.17) is 9.47 Å². The quantitative estimate of drug-likeness (QED) is 0.770. The minimum atomic E-state index is -0.208. The van der Waals surface area contributed by atoms with Gasteiger partial charge in [-0.15, -0.1) is 10.2 Å². The summed E-state index contributed by atoms with van der Waals surface area (Å²) < 4.78 is 12.3. The molecule has 0 radical (unpaired) electrons. The molecule has 0 aliphatic carbocycles. The molecule has 2 atom stereocenters. The van der Waals surface area contributed by atoms with Crippen LogP contribution in [0.2, 0.25) is 0 Å². The van der Waals surface area contributed by atoms with Crippen LogP contribution in [0.25, 0.3) is 0 Å². The summed E-state index contributed by atoms with van der Waals surface area (Å²) >= 11 is 0. The van der Waals surface area contributed by atoms with Crippen LogP contribution < -0.4 is 0 Å². The van der Waals surface area contributed by atoms with Gasteiger partial charge >= 0.3 is 0 Å². The summed E-state index contributed by atoms with van der Waals surface area (Å²) in [5.74, 6) is 1.29. The number of methoxy groups -OCH3 is 2. The SMILES string of the molecule is COC(C)c1nnc(C(C)OC)n1N=Cc1ccc(C)cc1. The van der Waals surface area contributed by atoms with Crippen molar-refractivity contribution in [1.82, 2.24) is 14.9 Å². The maximum absolute atomic E-state index is 5.33. The predicted molar refractivity (Wildman–Crippen MR) is 85.0 cm³/mol. The van der Waals surface area contributed by atoms with Crippen LogP contribution >= 0.6 is 0 Å². The lowest BCUT2D eigenvalue weighted by Gasteiger charge is -2.12. The van der Waals surface area contributed by atoms with E-state index < -0.39 is 0 Å². The molecule has 1 aromatic heterocycles. The van der Waals surface area contributed by atoms with Gasteiger partial charge in [0.1, 0.15) is 12.2 Å². The molecule has 0 fully saturated rings. The smallest absolute Gasteiger partial charge is 0.183 e. The molecule has 0 saturated carbocycles. The van der Waals surface area contributed by atoms with E-state index >= 15 is 0 Å². The first-order valence-corrected chi connectivity index (χ1v) is 7.18. The van der Waals surface area contributed by atoms with Crippen LogP contribution in [0.3, 0.4) is 0 Å². The number of nitrogens with zero attached hydrogens (tertiary/aromatic N) is 4. The third-order valence-corrected chi connectivity index (χ3v) is 3.52. The first-order valence-electron chi connectivity index (χ1n) is 7.18. The fraction of sp³-hybridized carbons (Fsp3) is 0.438. The van der Waals surface area contributed by atoms with Crippen LogP contribution in [0.4, 0.5) is 0 Å². The molecule has 2 aromatic rings. The minimum absolute atomic E-state index is 0.208. The van der Waals surface area contributed by atoms with Gasteiger partial charge < -0.3 is 9.47 Å². The highest BCUT2D eigenvalue weighted by molar-refractivity contribution is 5.79. The number of aryl methyl sites for hydroxylation is 1. The van der Waals surface area contributed by atoms with E-state index in [1.807, 2.05) is 38.1 Å². The molecule has 0 saturated heterocycles. The molecule has 1 aromatic carbocycles. The van der Waals surface area contributed by atoms with Crippen molar-refractivity contribution >= 4 is 6.21 Å². The molecule has 0 spiro atoms. The Morgan fingerprint density at radius 3 is 1.95 bits per heavy atom. The van der Waals surface area contributed by atoms with E-state index in [0.717, 1.165) is 5.56 Å². The monoisotopic (exact) mass is 302 g/mol. The summed E-state index contributed by atoms with van der Waals surface area (Å²) in [7, 11) is 3.26. The molecule has 2 unspecified atom stereocenters. The second-order valence-electron chi connectivity index (χ2n) is 5.14. The van der Waals surface area contributed by atoms with E-state index in [1.54, 1.807) is 25.1 Å². The zero-order chi connectivity index (χ0) is 16.1. The van der Waals surface area contributed by atoms with Crippen LogP contribution in [-0.2, 0) is 9.47 Å². The van der Waals surface area contributed by atoms with Gasteiger partial charge in [0.15, 0.2) is 11.6 Å². The van der Waals surface area contributed by atoms with Crippen molar-refractivity contribution in [3.63, 3.8) is 0 Å². The Morgan fingerprint density at radius 1 is 1.00 bits per heavy atom. The molecule has 0 bridgehead atoms. The van der Waals surface area contributed by atoms with Crippen molar-refractivity contribution in [1.29, 1.82) is 0 Å². The number of benzene rings is 1. The number of hydrogen-bond acceptors (Lipinski definition) is 5. The van der Waals surface area contributed by atoms with Gasteiger partial charge in [-0.05, 0) is 26.3 Å². The van der Waals surface area contributed by atoms with Crippen LogP contribution in [0.1, 0.15) is 48.8 Å². The molecule has 118 valence electrons. The van der Waals surface area contributed by atoms with Gasteiger partial charge in [0.2, 0.25) is 0 Å². The van der Waals surface area contributed by atoms with Crippen molar-refractivity contribution < 1.29 is 9.47 Å². The maximum Gasteiger partial charge on any atom is 0.183 e. The average Bonchev–Trinajstić information content (AvgIpc) is 2.96. The number of aromatic nitrogens is 3. The summed E-state index contributed by atoms with van der Waals surface area (Å²) in [6, 6.07) is 8.12. The third-order valence-electron chi connectivity index (χ3n) is 3.52. The van der Waals surface area contributed by atoms with Gasteiger partial charge in [0, 0.05) is 14.2 Å². The topological polar surface area (TPSA) is 61.5 Å². The zero-order valence-electron chi connectivity index (χ0n) is 13.6. The van der Waals surface area contributed by atoms with E-state index in [0.29, 0.717) is 11.6 Å². The van der Waals surface area contributed by atoms with Gasteiger partial charge in [0.05, 0.1) is 6.21 Å². The molecule has 0 aliphatic heterocycles. The van der Waals surface area contributed by atoms with Gasteiger partial charge in [-0.3, -0.25) is 0 Å². The lowest BCUT2D eigenvalue weighted by atomic mass is 10.2. The van der Waals surface area contributed by atoms with E-state index in [2.05, 4.69) is 22.2 Å². The van der Waals surface area contributed by atoms with E-state index in [9.17, 15) is 0 Å². The van der Waals surface area contributed by atoms with Gasteiger partial charge in [-0.2, -0.15) is 9.78 Å². The van der Waals surface area contributed by atoms with E-state index in [1.165, 1.54) is 5.56 Å². The Labute approximate surface area is 130 Å². The minimum Gasteiger partial charge on any atom is -0.374 e. The lowest BCUT2D eigenvalue weighted by Crippen LogP contribution is -2.10. The molecular formula is C16H22N4O2. The first-order chi connectivity index (χ1) is 10.6. The molecular weight excluding hydrogens is 280 g/mol. The molecule has 0 amide bonds. The van der Waals surface area contributed by atoms with Crippen LogP contribution in [0.5, 0.6) is 0 Å². The normalized spacial score (nSPS) is 14.4. The maximum atomic E-state index is 5.33. The Kier molecular flexibility index (Phi) is 5.41. The first kappa shape index (κ1) is 16.3. The fourth-order valence-corrected chi connectivity index (χ4v) is 1.92. The highest BCUT2D eigenvalue weighted by atomic mass is 16.5. The molecule has 2 rings (SSSR count). The van der Waals surface area contributed by atoms with Crippen molar-refractivity contribution in [2.45, 2.75) is 33.0 Å².